The average Bonchev–Trinajstić information content (AvgIpc) is 3.01. The van der Waals surface area contributed by atoms with Gasteiger partial charge < -0.3 is 10.0 Å². The van der Waals surface area contributed by atoms with E-state index in [1.807, 2.05) is 6.92 Å². The van der Waals surface area contributed by atoms with Crippen molar-refractivity contribution in [2.24, 2.45) is 11.3 Å². The number of rotatable bonds is 4. The van der Waals surface area contributed by atoms with E-state index < -0.39 is 11.4 Å². The molecular formula is C12H21NO2. The van der Waals surface area contributed by atoms with Crippen molar-refractivity contribution in [2.45, 2.75) is 39.0 Å². The number of carboxylic acid groups (broad SMARTS) is 1. The van der Waals surface area contributed by atoms with Crippen LogP contribution < -0.4 is 0 Å². The highest BCUT2D eigenvalue weighted by molar-refractivity contribution is 5.75. The second kappa shape index (κ2) is 4.12. The van der Waals surface area contributed by atoms with E-state index in [1.54, 1.807) is 0 Å². The normalized spacial score (nSPS) is 32.9. The number of carbonyl (C=O) groups is 1. The monoisotopic (exact) mass is 211 g/mol. The van der Waals surface area contributed by atoms with E-state index in [9.17, 15) is 9.90 Å². The molecule has 0 amide bonds. The Balaban J connectivity index is 1.96. The van der Waals surface area contributed by atoms with Crippen LogP contribution in [0.5, 0.6) is 0 Å². The fourth-order valence-corrected chi connectivity index (χ4v) is 2.66. The van der Waals surface area contributed by atoms with Crippen molar-refractivity contribution in [3.8, 4) is 0 Å². The minimum atomic E-state index is -0.592. The molecule has 0 aromatic heterocycles. The van der Waals surface area contributed by atoms with Gasteiger partial charge in [-0.2, -0.15) is 0 Å². The van der Waals surface area contributed by atoms with Gasteiger partial charge >= 0.3 is 5.97 Å². The van der Waals surface area contributed by atoms with Crippen LogP contribution in [0.4, 0.5) is 0 Å². The van der Waals surface area contributed by atoms with Gasteiger partial charge in [0.1, 0.15) is 0 Å². The van der Waals surface area contributed by atoms with Gasteiger partial charge in [-0.05, 0) is 44.6 Å². The van der Waals surface area contributed by atoms with Gasteiger partial charge in [0.05, 0.1) is 5.41 Å². The van der Waals surface area contributed by atoms with Gasteiger partial charge in [0.2, 0.25) is 0 Å². The van der Waals surface area contributed by atoms with Crippen molar-refractivity contribution in [1.29, 1.82) is 0 Å². The molecule has 1 saturated carbocycles. The zero-order valence-electron chi connectivity index (χ0n) is 9.54. The second-order valence-electron chi connectivity index (χ2n) is 5.22. The van der Waals surface area contributed by atoms with Crippen LogP contribution in [0.25, 0.3) is 0 Å². The Morgan fingerprint density at radius 2 is 2.27 bits per heavy atom. The summed E-state index contributed by atoms with van der Waals surface area (Å²) in [5.74, 6) is 0.275. The molecule has 3 heteroatoms. The van der Waals surface area contributed by atoms with E-state index in [0.29, 0.717) is 0 Å². The summed E-state index contributed by atoms with van der Waals surface area (Å²) in [6.45, 7) is 5.02. The van der Waals surface area contributed by atoms with Crippen LogP contribution in [-0.2, 0) is 4.79 Å². The molecule has 1 unspecified atom stereocenters. The predicted molar refractivity (Wildman–Crippen MR) is 58.8 cm³/mol. The lowest BCUT2D eigenvalue weighted by Crippen LogP contribution is -2.48. The van der Waals surface area contributed by atoms with Crippen LogP contribution in [0.15, 0.2) is 0 Å². The van der Waals surface area contributed by atoms with Crippen LogP contribution in [0.2, 0.25) is 0 Å². The molecule has 1 saturated heterocycles. The molecule has 0 aromatic carbocycles. The zero-order valence-corrected chi connectivity index (χ0v) is 9.54. The fourth-order valence-electron chi connectivity index (χ4n) is 2.66. The first-order valence-corrected chi connectivity index (χ1v) is 6.12. The van der Waals surface area contributed by atoms with Crippen molar-refractivity contribution in [1.82, 2.24) is 4.90 Å². The van der Waals surface area contributed by atoms with Gasteiger partial charge in [-0.25, -0.2) is 0 Å². The Morgan fingerprint density at radius 1 is 1.53 bits per heavy atom. The van der Waals surface area contributed by atoms with Crippen LogP contribution >= 0.6 is 0 Å². The third kappa shape index (κ3) is 2.33. The molecule has 0 spiro atoms. The Morgan fingerprint density at radius 3 is 2.80 bits per heavy atom. The first kappa shape index (κ1) is 10.9. The lowest BCUT2D eigenvalue weighted by atomic mass is 9.77. The maximum atomic E-state index is 11.3. The van der Waals surface area contributed by atoms with E-state index >= 15 is 0 Å². The average molecular weight is 211 g/mol. The highest BCUT2D eigenvalue weighted by Crippen LogP contribution is 2.36. The van der Waals surface area contributed by atoms with Crippen molar-refractivity contribution >= 4 is 5.97 Å². The number of piperidine rings is 1. The Kier molecular flexibility index (Phi) is 3.01. The van der Waals surface area contributed by atoms with Crippen molar-refractivity contribution in [2.75, 3.05) is 19.6 Å². The molecule has 0 bridgehead atoms. The molecule has 1 N–H and O–H groups in total. The largest absolute Gasteiger partial charge is 0.481 e. The smallest absolute Gasteiger partial charge is 0.310 e. The molecule has 1 heterocycles. The Labute approximate surface area is 91.5 Å². The molecule has 15 heavy (non-hydrogen) atoms. The summed E-state index contributed by atoms with van der Waals surface area (Å²) in [6.07, 6.45) is 5.38. The summed E-state index contributed by atoms with van der Waals surface area (Å²) in [7, 11) is 0. The third-order valence-corrected chi connectivity index (χ3v) is 4.00. The van der Waals surface area contributed by atoms with Gasteiger partial charge in [0.25, 0.3) is 0 Å². The molecule has 2 rings (SSSR count). The van der Waals surface area contributed by atoms with E-state index in [1.165, 1.54) is 12.8 Å². The summed E-state index contributed by atoms with van der Waals surface area (Å²) >= 11 is 0. The summed E-state index contributed by atoms with van der Waals surface area (Å²) in [5.41, 5.74) is -0.451. The van der Waals surface area contributed by atoms with Crippen LogP contribution in [0.3, 0.4) is 0 Å². The number of likely N-dealkylation sites (tertiary alicyclic amines) is 1. The number of hydrogen-bond donors (Lipinski definition) is 1. The van der Waals surface area contributed by atoms with Crippen molar-refractivity contribution < 1.29 is 9.90 Å². The maximum absolute atomic E-state index is 11.3. The predicted octanol–water partition coefficient (Wildman–Crippen LogP) is 1.97. The van der Waals surface area contributed by atoms with E-state index in [4.69, 9.17) is 0 Å². The van der Waals surface area contributed by atoms with Gasteiger partial charge in [0.15, 0.2) is 0 Å². The summed E-state index contributed by atoms with van der Waals surface area (Å²) in [6, 6.07) is 0. The molecule has 1 aliphatic carbocycles. The van der Waals surface area contributed by atoms with Crippen LogP contribution in [-0.4, -0.2) is 35.6 Å². The SMILES string of the molecule is CCC1(C(=O)O)CCCN(CC2CC2)C1. The fraction of sp³-hybridized carbons (Fsp3) is 0.917. The van der Waals surface area contributed by atoms with Gasteiger partial charge in [-0.3, -0.25) is 4.79 Å². The number of hydrogen-bond acceptors (Lipinski definition) is 2. The molecule has 2 aliphatic rings. The molecule has 86 valence electrons. The highest BCUT2D eigenvalue weighted by Gasteiger charge is 2.41. The summed E-state index contributed by atoms with van der Waals surface area (Å²) in [4.78, 5) is 13.7. The van der Waals surface area contributed by atoms with Crippen LogP contribution in [0.1, 0.15) is 39.0 Å². The number of aliphatic carboxylic acids is 1. The van der Waals surface area contributed by atoms with Gasteiger partial charge in [-0.15, -0.1) is 0 Å². The highest BCUT2D eigenvalue weighted by atomic mass is 16.4. The first-order valence-electron chi connectivity index (χ1n) is 6.12. The lowest BCUT2D eigenvalue weighted by molar-refractivity contribution is -0.153. The van der Waals surface area contributed by atoms with E-state index in [-0.39, 0.29) is 0 Å². The standard InChI is InChI=1S/C12H21NO2/c1-2-12(11(14)15)6-3-7-13(9-12)8-10-4-5-10/h10H,2-9H2,1H3,(H,14,15). The molecule has 0 aromatic rings. The van der Waals surface area contributed by atoms with Crippen molar-refractivity contribution in [3.05, 3.63) is 0 Å². The molecule has 2 fully saturated rings. The Bertz CT molecular complexity index is 250. The first-order chi connectivity index (χ1) is 7.16. The maximum Gasteiger partial charge on any atom is 0.310 e. The molecule has 3 nitrogen and oxygen atoms in total. The Hall–Kier alpha value is -0.570. The summed E-state index contributed by atoms with van der Waals surface area (Å²) in [5, 5.41) is 9.33. The van der Waals surface area contributed by atoms with Gasteiger partial charge in [-0.1, -0.05) is 6.92 Å². The molecule has 0 radical (unpaired) electrons. The second-order valence-corrected chi connectivity index (χ2v) is 5.22. The van der Waals surface area contributed by atoms with Gasteiger partial charge in [0, 0.05) is 13.1 Å². The zero-order chi connectivity index (χ0) is 10.9. The van der Waals surface area contributed by atoms with Crippen LogP contribution in [0, 0.1) is 11.3 Å². The number of nitrogens with zero attached hydrogens (tertiary/aromatic N) is 1. The molecule has 1 atom stereocenters. The number of carboxylic acids is 1. The lowest BCUT2D eigenvalue weighted by Gasteiger charge is -2.39. The van der Waals surface area contributed by atoms with E-state index in [2.05, 4.69) is 4.90 Å². The minimum absolute atomic E-state index is 0.451. The molecule has 1 aliphatic heterocycles. The minimum Gasteiger partial charge on any atom is -0.481 e. The third-order valence-electron chi connectivity index (χ3n) is 4.00. The van der Waals surface area contributed by atoms with Crippen molar-refractivity contribution in [3.63, 3.8) is 0 Å². The summed E-state index contributed by atoms with van der Waals surface area (Å²) < 4.78 is 0. The van der Waals surface area contributed by atoms with E-state index in [0.717, 1.165) is 44.8 Å². The quantitative estimate of drug-likeness (QED) is 0.773. The topological polar surface area (TPSA) is 40.5 Å². The molecular weight excluding hydrogens is 190 g/mol.